The molecule has 170 valence electrons. The van der Waals surface area contributed by atoms with E-state index in [0.717, 1.165) is 19.3 Å². The van der Waals surface area contributed by atoms with Gasteiger partial charge < -0.3 is 9.47 Å². The van der Waals surface area contributed by atoms with Crippen LogP contribution in [0.15, 0.2) is 53.6 Å². The molecular formula is C25H23FN2O4S. The number of benzene rings is 2. The van der Waals surface area contributed by atoms with Gasteiger partial charge in [0.2, 0.25) is 0 Å². The van der Waals surface area contributed by atoms with Crippen LogP contribution < -0.4 is 14.9 Å². The fourth-order valence-corrected chi connectivity index (χ4v) is 4.77. The molecule has 1 atom stereocenters. The van der Waals surface area contributed by atoms with Gasteiger partial charge in [-0.1, -0.05) is 19.1 Å². The SMILES string of the molecule is COc1cc(/C=N/NC(=O)c2cc3c(s2)CCC(C)C3)ccc1OC(=O)c1ccccc1F. The highest BCUT2D eigenvalue weighted by molar-refractivity contribution is 7.14. The first-order chi connectivity index (χ1) is 15.9. The summed E-state index contributed by atoms with van der Waals surface area (Å²) >= 11 is 1.52. The van der Waals surface area contributed by atoms with E-state index in [1.165, 1.54) is 59.4 Å². The molecular weight excluding hydrogens is 443 g/mol. The summed E-state index contributed by atoms with van der Waals surface area (Å²) in [6.07, 6.45) is 4.65. The molecule has 0 aliphatic heterocycles. The summed E-state index contributed by atoms with van der Waals surface area (Å²) in [5.74, 6) is -0.679. The number of nitrogens with zero attached hydrogens (tertiary/aromatic N) is 1. The maximum Gasteiger partial charge on any atom is 0.346 e. The summed E-state index contributed by atoms with van der Waals surface area (Å²) in [6.45, 7) is 2.23. The molecule has 0 saturated heterocycles. The van der Waals surface area contributed by atoms with Gasteiger partial charge in [-0.15, -0.1) is 11.3 Å². The molecule has 6 nitrogen and oxygen atoms in total. The predicted octanol–water partition coefficient (Wildman–Crippen LogP) is 5.00. The molecule has 0 saturated carbocycles. The molecule has 3 aromatic rings. The van der Waals surface area contributed by atoms with Gasteiger partial charge in [0, 0.05) is 4.88 Å². The number of nitrogens with one attached hydrogen (secondary N) is 1. The Morgan fingerprint density at radius 2 is 2.00 bits per heavy atom. The first-order valence-corrected chi connectivity index (χ1v) is 11.4. The maximum absolute atomic E-state index is 13.8. The molecule has 0 fully saturated rings. The van der Waals surface area contributed by atoms with Crippen molar-refractivity contribution in [3.05, 3.63) is 80.8 Å². The lowest BCUT2D eigenvalue weighted by Gasteiger charge is -2.16. The van der Waals surface area contributed by atoms with Gasteiger partial charge in [-0.2, -0.15) is 5.10 Å². The largest absolute Gasteiger partial charge is 0.493 e. The molecule has 1 aromatic heterocycles. The van der Waals surface area contributed by atoms with Gasteiger partial charge in [0.05, 0.1) is 23.8 Å². The minimum Gasteiger partial charge on any atom is -0.493 e. The fourth-order valence-electron chi connectivity index (χ4n) is 3.67. The van der Waals surface area contributed by atoms with E-state index in [9.17, 15) is 14.0 Å². The van der Waals surface area contributed by atoms with E-state index in [-0.39, 0.29) is 23.0 Å². The third-order valence-electron chi connectivity index (χ3n) is 5.42. The number of amides is 1. The highest BCUT2D eigenvalue weighted by Gasteiger charge is 2.20. The maximum atomic E-state index is 13.8. The summed E-state index contributed by atoms with van der Waals surface area (Å²) in [4.78, 5) is 26.7. The van der Waals surface area contributed by atoms with Crippen molar-refractivity contribution < 1.29 is 23.5 Å². The summed E-state index contributed by atoms with van der Waals surface area (Å²) in [7, 11) is 1.43. The molecule has 4 rings (SSSR count). The third kappa shape index (κ3) is 5.28. The number of carbonyl (C=O) groups excluding carboxylic acids is 2. The lowest BCUT2D eigenvalue weighted by atomic mass is 9.90. The molecule has 0 spiro atoms. The van der Waals surface area contributed by atoms with Gasteiger partial charge in [-0.3, -0.25) is 4.79 Å². The van der Waals surface area contributed by atoms with Crippen LogP contribution in [0.25, 0.3) is 0 Å². The van der Waals surface area contributed by atoms with Crippen molar-refractivity contribution in [2.45, 2.75) is 26.2 Å². The third-order valence-corrected chi connectivity index (χ3v) is 6.65. The second-order valence-corrected chi connectivity index (χ2v) is 9.02. The van der Waals surface area contributed by atoms with E-state index in [0.29, 0.717) is 16.4 Å². The second kappa shape index (κ2) is 9.95. The molecule has 1 amide bonds. The number of carbonyl (C=O) groups is 2. The molecule has 1 aliphatic rings. The Kier molecular flexibility index (Phi) is 6.84. The summed E-state index contributed by atoms with van der Waals surface area (Å²) < 4.78 is 24.4. The van der Waals surface area contributed by atoms with Crippen molar-refractivity contribution in [1.29, 1.82) is 0 Å². The van der Waals surface area contributed by atoms with E-state index in [4.69, 9.17) is 9.47 Å². The Balaban J connectivity index is 1.41. The average Bonchev–Trinajstić information content (AvgIpc) is 3.23. The Morgan fingerprint density at radius 3 is 2.79 bits per heavy atom. The smallest absolute Gasteiger partial charge is 0.346 e. The van der Waals surface area contributed by atoms with Crippen LogP contribution in [0.1, 0.15) is 49.4 Å². The van der Waals surface area contributed by atoms with E-state index < -0.39 is 11.8 Å². The van der Waals surface area contributed by atoms with E-state index in [2.05, 4.69) is 17.5 Å². The van der Waals surface area contributed by atoms with Crippen molar-refractivity contribution in [2.24, 2.45) is 11.0 Å². The zero-order chi connectivity index (χ0) is 23.4. The van der Waals surface area contributed by atoms with Crippen molar-refractivity contribution in [1.82, 2.24) is 5.43 Å². The lowest BCUT2D eigenvalue weighted by Crippen LogP contribution is -2.16. The highest BCUT2D eigenvalue weighted by Crippen LogP contribution is 2.32. The molecule has 33 heavy (non-hydrogen) atoms. The first kappa shape index (κ1) is 22.7. The minimum atomic E-state index is -0.826. The lowest BCUT2D eigenvalue weighted by molar-refractivity contribution is 0.0724. The van der Waals surface area contributed by atoms with Crippen LogP contribution in [0.3, 0.4) is 0 Å². The van der Waals surface area contributed by atoms with Crippen molar-refractivity contribution in [2.75, 3.05) is 7.11 Å². The van der Waals surface area contributed by atoms with Gasteiger partial charge in [-0.05, 0) is 72.7 Å². The van der Waals surface area contributed by atoms with E-state index in [1.54, 1.807) is 18.2 Å². The van der Waals surface area contributed by atoms with Crippen molar-refractivity contribution in [3.8, 4) is 11.5 Å². The number of hydrazone groups is 1. The van der Waals surface area contributed by atoms with Gasteiger partial charge >= 0.3 is 5.97 Å². The van der Waals surface area contributed by atoms with Crippen LogP contribution in [-0.4, -0.2) is 25.2 Å². The topological polar surface area (TPSA) is 77.0 Å². The standard InChI is InChI=1S/C25H23FN2O4S/c1-15-7-10-22-17(11-15)13-23(33-22)24(29)28-27-14-16-8-9-20(21(12-16)31-2)32-25(30)18-5-3-4-6-19(18)26/h3-6,8-9,12-15H,7,10-11H2,1-2H3,(H,28,29)/b27-14+. The number of ether oxygens (including phenoxy) is 2. The fraction of sp³-hybridized carbons (Fsp3) is 0.240. The molecule has 1 heterocycles. The van der Waals surface area contributed by atoms with Gasteiger partial charge in [0.25, 0.3) is 5.91 Å². The van der Waals surface area contributed by atoms with E-state index >= 15 is 0 Å². The zero-order valence-corrected chi connectivity index (χ0v) is 19.1. The second-order valence-electron chi connectivity index (χ2n) is 7.89. The molecule has 0 bridgehead atoms. The number of aryl methyl sites for hydroxylation is 1. The van der Waals surface area contributed by atoms with Crippen molar-refractivity contribution in [3.63, 3.8) is 0 Å². The monoisotopic (exact) mass is 466 g/mol. The number of fused-ring (bicyclic) bond motifs is 1. The molecule has 8 heteroatoms. The van der Waals surface area contributed by atoms with Crippen LogP contribution in [-0.2, 0) is 12.8 Å². The van der Waals surface area contributed by atoms with Gasteiger partial charge in [0.15, 0.2) is 11.5 Å². The van der Waals surface area contributed by atoms with Gasteiger partial charge in [-0.25, -0.2) is 14.6 Å². The highest BCUT2D eigenvalue weighted by atomic mass is 32.1. The molecule has 2 aromatic carbocycles. The average molecular weight is 467 g/mol. The quantitative estimate of drug-likeness (QED) is 0.240. The van der Waals surface area contributed by atoms with Crippen LogP contribution >= 0.6 is 11.3 Å². The number of thiophene rings is 1. The normalized spacial score (nSPS) is 15.2. The number of halogens is 1. The Morgan fingerprint density at radius 1 is 1.18 bits per heavy atom. The molecule has 1 unspecified atom stereocenters. The summed E-state index contributed by atoms with van der Waals surface area (Å²) in [6, 6.07) is 12.3. The van der Waals surface area contributed by atoms with E-state index in [1.807, 2.05) is 6.07 Å². The van der Waals surface area contributed by atoms with Crippen LogP contribution in [0.2, 0.25) is 0 Å². The Labute approximate surface area is 195 Å². The number of methoxy groups -OCH3 is 1. The first-order valence-electron chi connectivity index (χ1n) is 10.5. The zero-order valence-electron chi connectivity index (χ0n) is 18.3. The van der Waals surface area contributed by atoms with Crippen LogP contribution in [0, 0.1) is 11.7 Å². The molecule has 1 N–H and O–H groups in total. The summed E-state index contributed by atoms with van der Waals surface area (Å²) in [5, 5.41) is 4.03. The Hall–Kier alpha value is -3.52. The van der Waals surface area contributed by atoms with Crippen LogP contribution in [0.5, 0.6) is 11.5 Å². The summed E-state index contributed by atoms with van der Waals surface area (Å²) in [5.41, 5.74) is 4.27. The Bertz CT molecular complexity index is 1220. The molecule has 1 aliphatic carbocycles. The number of rotatable bonds is 6. The van der Waals surface area contributed by atoms with Crippen molar-refractivity contribution >= 4 is 29.4 Å². The number of hydrogen-bond donors (Lipinski definition) is 1. The number of hydrogen-bond acceptors (Lipinski definition) is 6. The minimum absolute atomic E-state index is 0.144. The van der Waals surface area contributed by atoms with Gasteiger partial charge in [0.1, 0.15) is 5.82 Å². The van der Waals surface area contributed by atoms with Crippen LogP contribution in [0.4, 0.5) is 4.39 Å². The predicted molar refractivity (Wildman–Crippen MR) is 125 cm³/mol. The molecule has 0 radical (unpaired) electrons. The number of esters is 1.